The van der Waals surface area contributed by atoms with E-state index in [0.717, 1.165) is 50.1 Å². The summed E-state index contributed by atoms with van der Waals surface area (Å²) in [5, 5.41) is 22.2. The Bertz CT molecular complexity index is 1070. The third-order valence-corrected chi connectivity index (χ3v) is 10.9. The highest BCUT2D eigenvalue weighted by atomic mass is 16.6. The monoisotopic (exact) mass is 452 g/mol. The first-order valence-electron chi connectivity index (χ1n) is 12.3. The van der Waals surface area contributed by atoms with E-state index in [1.54, 1.807) is 14.2 Å². The Hall–Kier alpha value is -1.97. The number of likely N-dealkylation sites (tertiary alicyclic amines) is 1. The summed E-state index contributed by atoms with van der Waals surface area (Å²) >= 11 is 0. The molecule has 6 aliphatic rings. The molecule has 2 spiro atoms. The number of rotatable bonds is 3. The maximum Gasteiger partial charge on any atom is 0.179 e. The van der Waals surface area contributed by atoms with E-state index in [1.807, 2.05) is 17.9 Å². The summed E-state index contributed by atoms with van der Waals surface area (Å²) in [6, 6.07) is 4.30. The Morgan fingerprint density at radius 3 is 2.58 bits per heavy atom. The molecule has 2 aliphatic heterocycles. The second-order valence-corrected chi connectivity index (χ2v) is 12.3. The normalized spacial score (nSPS) is 41.6. The number of hydrogen-bond acceptors (Lipinski definition) is 6. The topological polar surface area (TPSA) is 75.0 Å². The van der Waals surface area contributed by atoms with E-state index >= 15 is 0 Å². The van der Waals surface area contributed by atoms with Crippen LogP contribution in [-0.2, 0) is 16.6 Å². The lowest BCUT2D eigenvalue weighted by molar-refractivity contribution is -0.309. The lowest BCUT2D eigenvalue weighted by Gasteiger charge is -2.75. The molecule has 4 bridgehead atoms. The highest BCUT2D eigenvalue weighted by Gasteiger charge is 2.82. The minimum atomic E-state index is -0.966. The first-order chi connectivity index (χ1) is 15.5. The van der Waals surface area contributed by atoms with E-state index in [-0.39, 0.29) is 34.3 Å². The summed E-state index contributed by atoms with van der Waals surface area (Å²) in [4.78, 5) is 2.03. The van der Waals surface area contributed by atoms with Crippen LogP contribution in [-0.4, -0.2) is 54.1 Å². The molecule has 1 N–H and O–H groups in total. The fraction of sp³-hybridized carbons (Fsp3) is 0.741. The molecule has 3 saturated carbocycles. The van der Waals surface area contributed by atoms with Crippen molar-refractivity contribution in [1.82, 2.24) is 4.90 Å². The molecule has 0 aromatic heterocycles. The van der Waals surface area contributed by atoms with Crippen molar-refractivity contribution in [3.05, 3.63) is 23.3 Å². The number of benzene rings is 1. The molecule has 2 heterocycles. The molecule has 4 fully saturated rings. The molecule has 33 heavy (non-hydrogen) atoms. The molecule has 0 radical (unpaired) electrons. The van der Waals surface area contributed by atoms with Gasteiger partial charge < -0.3 is 24.2 Å². The molecule has 1 saturated heterocycles. The van der Waals surface area contributed by atoms with Crippen LogP contribution in [0.4, 0.5) is 0 Å². The van der Waals surface area contributed by atoms with Gasteiger partial charge in [0.05, 0.1) is 12.7 Å². The van der Waals surface area contributed by atoms with E-state index in [1.165, 1.54) is 11.1 Å². The van der Waals surface area contributed by atoms with Crippen LogP contribution in [0, 0.1) is 28.2 Å². The molecule has 1 aromatic carbocycles. The van der Waals surface area contributed by atoms with Gasteiger partial charge in [0.2, 0.25) is 0 Å². The lowest BCUT2D eigenvalue weighted by atomic mass is 9.33. The minimum absolute atomic E-state index is 0.107. The van der Waals surface area contributed by atoms with Crippen LogP contribution in [0.2, 0.25) is 0 Å². The first kappa shape index (κ1) is 21.6. The molecule has 0 amide bonds. The third-order valence-electron chi connectivity index (χ3n) is 10.9. The number of aliphatic hydroxyl groups is 1. The molecular formula is C27H36N2O4. The predicted molar refractivity (Wildman–Crippen MR) is 123 cm³/mol. The lowest BCUT2D eigenvalue weighted by Crippen LogP contribution is -2.83. The summed E-state index contributed by atoms with van der Waals surface area (Å²) in [6.07, 6.45) is 6.68. The van der Waals surface area contributed by atoms with Crippen LogP contribution >= 0.6 is 0 Å². The Labute approximate surface area is 196 Å². The summed E-state index contributed by atoms with van der Waals surface area (Å²) in [6.45, 7) is 9.05. The van der Waals surface area contributed by atoms with Crippen LogP contribution in [0.1, 0.15) is 64.5 Å². The van der Waals surface area contributed by atoms with Crippen molar-refractivity contribution in [2.75, 3.05) is 20.8 Å². The van der Waals surface area contributed by atoms with Gasteiger partial charge in [0, 0.05) is 42.0 Å². The fourth-order valence-corrected chi connectivity index (χ4v) is 8.91. The molecule has 1 unspecified atom stereocenters. The van der Waals surface area contributed by atoms with Gasteiger partial charge in [0.15, 0.2) is 17.7 Å². The van der Waals surface area contributed by atoms with Crippen molar-refractivity contribution in [2.24, 2.45) is 16.7 Å². The molecule has 4 aliphatic carbocycles. The van der Waals surface area contributed by atoms with Gasteiger partial charge in [-0.15, -0.1) is 0 Å². The van der Waals surface area contributed by atoms with Crippen molar-refractivity contribution in [3.8, 4) is 17.7 Å². The van der Waals surface area contributed by atoms with Gasteiger partial charge in [0.25, 0.3) is 0 Å². The van der Waals surface area contributed by atoms with Crippen LogP contribution < -0.4 is 9.47 Å². The van der Waals surface area contributed by atoms with Crippen molar-refractivity contribution in [1.29, 1.82) is 5.26 Å². The number of nitriles is 1. The molecule has 178 valence electrons. The highest BCUT2D eigenvalue weighted by molar-refractivity contribution is 5.63. The van der Waals surface area contributed by atoms with Crippen LogP contribution in [0.25, 0.3) is 0 Å². The summed E-state index contributed by atoms with van der Waals surface area (Å²) < 4.78 is 19.3. The summed E-state index contributed by atoms with van der Waals surface area (Å²) in [5.41, 5.74) is 0.315. The Morgan fingerprint density at radius 2 is 1.94 bits per heavy atom. The number of fused-ring (bicyclic) bond motifs is 2. The minimum Gasteiger partial charge on any atom is -0.493 e. The zero-order valence-electron chi connectivity index (χ0n) is 20.7. The molecule has 1 aromatic rings. The largest absolute Gasteiger partial charge is 0.493 e. The summed E-state index contributed by atoms with van der Waals surface area (Å²) in [5.74, 6) is 1.54. The van der Waals surface area contributed by atoms with Gasteiger partial charge in [-0.25, -0.2) is 0 Å². The quantitative estimate of drug-likeness (QED) is 0.704. The molecule has 7 rings (SSSR count). The van der Waals surface area contributed by atoms with Gasteiger partial charge in [-0.3, -0.25) is 0 Å². The van der Waals surface area contributed by atoms with Gasteiger partial charge in [-0.05, 0) is 56.1 Å². The van der Waals surface area contributed by atoms with Crippen molar-refractivity contribution >= 4 is 0 Å². The van der Waals surface area contributed by atoms with Gasteiger partial charge >= 0.3 is 0 Å². The van der Waals surface area contributed by atoms with Crippen LogP contribution in [0.15, 0.2) is 12.1 Å². The predicted octanol–water partition coefficient (Wildman–Crippen LogP) is 3.79. The zero-order chi connectivity index (χ0) is 23.6. The maximum absolute atomic E-state index is 12.1. The van der Waals surface area contributed by atoms with Crippen LogP contribution in [0.3, 0.4) is 0 Å². The maximum atomic E-state index is 12.1. The molecule has 6 nitrogen and oxygen atoms in total. The van der Waals surface area contributed by atoms with Crippen molar-refractivity contribution in [2.45, 2.75) is 88.6 Å². The van der Waals surface area contributed by atoms with Crippen molar-refractivity contribution in [3.63, 3.8) is 0 Å². The summed E-state index contributed by atoms with van der Waals surface area (Å²) in [7, 11) is 3.50. The van der Waals surface area contributed by atoms with Gasteiger partial charge in [-0.1, -0.05) is 26.8 Å². The van der Waals surface area contributed by atoms with Gasteiger partial charge in [0.1, 0.15) is 11.7 Å². The standard InChI is InChI=1S/C27H36N2O4/c1-23(2,3)24(4,30)18-14-25-9-10-27(18,32-6)22-26(25)11-12-29(15-28)19(25)13-16-7-8-17(31-5)21(33-22)20(16)26/h7-8,18-19,22,30H,9-14H2,1-6H3/t18-,19-,22?,24-,25-,26+,27-/m1/s1. The molecular weight excluding hydrogens is 416 g/mol. The average molecular weight is 453 g/mol. The number of methoxy groups -OCH3 is 2. The number of nitrogens with zero attached hydrogens (tertiary/aromatic N) is 2. The number of ether oxygens (including phenoxy) is 3. The van der Waals surface area contributed by atoms with E-state index in [2.05, 4.69) is 33.0 Å². The third kappa shape index (κ3) is 2.10. The van der Waals surface area contributed by atoms with E-state index < -0.39 is 11.2 Å². The Morgan fingerprint density at radius 1 is 1.18 bits per heavy atom. The number of piperidine rings is 1. The number of hydrogen-bond donors (Lipinski definition) is 1. The van der Waals surface area contributed by atoms with Gasteiger partial charge in [-0.2, -0.15) is 5.26 Å². The van der Waals surface area contributed by atoms with Crippen molar-refractivity contribution < 1.29 is 19.3 Å². The fourth-order valence-electron chi connectivity index (χ4n) is 8.91. The Kier molecular flexibility index (Phi) is 4.03. The van der Waals surface area contributed by atoms with E-state index in [0.29, 0.717) is 0 Å². The van der Waals surface area contributed by atoms with E-state index in [4.69, 9.17) is 14.2 Å². The molecule has 7 atom stereocenters. The molecule has 6 heteroatoms. The smallest absolute Gasteiger partial charge is 0.179 e. The Balaban J connectivity index is 1.66. The first-order valence-corrected chi connectivity index (χ1v) is 12.3. The van der Waals surface area contributed by atoms with Crippen LogP contribution in [0.5, 0.6) is 11.5 Å². The van der Waals surface area contributed by atoms with E-state index in [9.17, 15) is 10.4 Å². The SMILES string of the molecule is COc1ccc2c3c1OC1[C@@]4(OC)CC[C@@]5(C[C@@H]4[C@@](C)(O)C(C)(C)C)[C@@H](C2)N(C#N)CC[C@]315. The second-order valence-electron chi connectivity index (χ2n) is 12.3. The zero-order valence-corrected chi connectivity index (χ0v) is 20.7. The average Bonchev–Trinajstić information content (AvgIpc) is 3.15. The highest BCUT2D eigenvalue weighted by Crippen LogP contribution is 2.77. The second kappa shape index (κ2) is 6.17.